The SMILES string of the molecule is CC1C(=O)N(CCO)C(=O)C1C.CC1Cc2ccccc2C1C. The maximum Gasteiger partial charge on any atom is 0.232 e. The van der Waals surface area contributed by atoms with Crippen LogP contribution in [-0.4, -0.2) is 35.0 Å². The van der Waals surface area contributed by atoms with Gasteiger partial charge in [-0.2, -0.15) is 0 Å². The lowest BCUT2D eigenvalue weighted by Gasteiger charge is -2.11. The molecule has 1 aliphatic heterocycles. The smallest absolute Gasteiger partial charge is 0.232 e. The van der Waals surface area contributed by atoms with Crippen molar-refractivity contribution in [3.8, 4) is 0 Å². The second-order valence-electron chi connectivity index (χ2n) is 6.80. The van der Waals surface area contributed by atoms with E-state index in [0.29, 0.717) is 0 Å². The van der Waals surface area contributed by atoms with Crippen molar-refractivity contribution >= 4 is 11.8 Å². The van der Waals surface area contributed by atoms with Gasteiger partial charge in [0.15, 0.2) is 0 Å². The van der Waals surface area contributed by atoms with Crippen molar-refractivity contribution in [2.24, 2.45) is 17.8 Å². The van der Waals surface area contributed by atoms with Gasteiger partial charge in [0.1, 0.15) is 0 Å². The third-order valence-corrected chi connectivity index (χ3v) is 5.33. The molecule has 4 atom stereocenters. The standard InChI is InChI=1S/C11H14.C8H13NO3/c1-8-7-10-5-3-4-6-11(10)9(8)2;1-5-6(2)8(12)9(3-4-10)7(5)11/h3-6,8-9H,7H2,1-2H3;5-6,10H,3-4H2,1-2H3. The molecule has 0 aromatic heterocycles. The number of β-amino-alcohol motifs (C(OH)–C–C–N with tert-alkyl or cyclic N) is 1. The molecule has 2 amide bonds. The number of carbonyl (C=O) groups excluding carboxylic acids is 2. The molecule has 2 aliphatic rings. The quantitative estimate of drug-likeness (QED) is 0.853. The van der Waals surface area contributed by atoms with Gasteiger partial charge < -0.3 is 5.11 Å². The van der Waals surface area contributed by atoms with Crippen LogP contribution >= 0.6 is 0 Å². The predicted molar refractivity (Wildman–Crippen MR) is 89.9 cm³/mol. The largest absolute Gasteiger partial charge is 0.395 e. The Morgan fingerprint density at radius 3 is 2.09 bits per heavy atom. The molecule has 126 valence electrons. The van der Waals surface area contributed by atoms with Crippen LogP contribution in [0.4, 0.5) is 0 Å². The van der Waals surface area contributed by atoms with E-state index in [9.17, 15) is 9.59 Å². The summed E-state index contributed by atoms with van der Waals surface area (Å²) in [6.07, 6.45) is 1.28. The summed E-state index contributed by atoms with van der Waals surface area (Å²) < 4.78 is 0. The molecule has 0 saturated carbocycles. The molecule has 4 heteroatoms. The fourth-order valence-electron chi connectivity index (χ4n) is 3.34. The second-order valence-corrected chi connectivity index (χ2v) is 6.80. The number of hydrogen-bond acceptors (Lipinski definition) is 3. The maximum absolute atomic E-state index is 11.3. The lowest BCUT2D eigenvalue weighted by Crippen LogP contribution is -2.33. The van der Waals surface area contributed by atoms with Gasteiger partial charge in [0.25, 0.3) is 0 Å². The Kier molecular flexibility index (Phi) is 5.58. The van der Waals surface area contributed by atoms with Gasteiger partial charge in [-0.1, -0.05) is 52.0 Å². The first-order valence-corrected chi connectivity index (χ1v) is 8.42. The third kappa shape index (κ3) is 3.47. The van der Waals surface area contributed by atoms with Crippen LogP contribution in [-0.2, 0) is 16.0 Å². The second kappa shape index (κ2) is 7.26. The number of aliphatic hydroxyl groups is 1. The Hall–Kier alpha value is -1.68. The molecule has 1 saturated heterocycles. The average molecular weight is 317 g/mol. The summed E-state index contributed by atoms with van der Waals surface area (Å²) in [5, 5.41) is 8.59. The van der Waals surface area contributed by atoms with E-state index < -0.39 is 0 Å². The van der Waals surface area contributed by atoms with Crippen molar-refractivity contribution in [3.63, 3.8) is 0 Å². The maximum atomic E-state index is 11.3. The van der Waals surface area contributed by atoms with E-state index in [0.717, 1.165) is 16.7 Å². The Balaban J connectivity index is 0.000000167. The minimum atomic E-state index is -0.232. The van der Waals surface area contributed by atoms with E-state index in [1.807, 2.05) is 0 Å². The number of carbonyl (C=O) groups is 2. The lowest BCUT2D eigenvalue weighted by molar-refractivity contribution is -0.140. The number of likely N-dealkylation sites (tertiary alicyclic amines) is 1. The minimum Gasteiger partial charge on any atom is -0.395 e. The number of nitrogens with zero attached hydrogens (tertiary/aromatic N) is 1. The Bertz CT molecular complexity index is 564. The zero-order chi connectivity index (χ0) is 17.1. The van der Waals surface area contributed by atoms with Crippen LogP contribution in [0, 0.1) is 17.8 Å². The van der Waals surface area contributed by atoms with E-state index in [1.54, 1.807) is 25.0 Å². The van der Waals surface area contributed by atoms with Crippen LogP contribution in [0.15, 0.2) is 24.3 Å². The van der Waals surface area contributed by atoms with E-state index in [2.05, 4.69) is 38.1 Å². The van der Waals surface area contributed by atoms with E-state index >= 15 is 0 Å². The molecule has 1 aliphatic carbocycles. The molecule has 1 fully saturated rings. The highest BCUT2D eigenvalue weighted by Crippen LogP contribution is 2.36. The summed E-state index contributed by atoms with van der Waals surface area (Å²) in [6.45, 7) is 8.12. The zero-order valence-corrected chi connectivity index (χ0v) is 14.5. The van der Waals surface area contributed by atoms with Gasteiger partial charge in [-0.25, -0.2) is 0 Å². The molecule has 4 unspecified atom stereocenters. The summed E-state index contributed by atoms with van der Waals surface area (Å²) in [5.74, 6) is 0.815. The molecule has 1 N–H and O–H groups in total. The fourth-order valence-corrected chi connectivity index (χ4v) is 3.34. The molecular formula is C19H27NO3. The number of imide groups is 1. The van der Waals surface area contributed by atoms with E-state index in [1.165, 1.54) is 6.42 Å². The topological polar surface area (TPSA) is 57.6 Å². The summed E-state index contributed by atoms with van der Waals surface area (Å²) in [7, 11) is 0. The van der Waals surface area contributed by atoms with Crippen molar-refractivity contribution in [1.82, 2.24) is 4.90 Å². The Morgan fingerprint density at radius 1 is 1.00 bits per heavy atom. The highest BCUT2D eigenvalue weighted by Gasteiger charge is 2.41. The summed E-state index contributed by atoms with van der Waals surface area (Å²) in [6, 6.07) is 8.82. The highest BCUT2D eigenvalue weighted by molar-refractivity contribution is 6.04. The van der Waals surface area contributed by atoms with Gasteiger partial charge in [0.05, 0.1) is 13.2 Å². The summed E-state index contributed by atoms with van der Waals surface area (Å²) in [5.41, 5.74) is 3.13. The molecule has 23 heavy (non-hydrogen) atoms. The molecular weight excluding hydrogens is 290 g/mol. The molecule has 0 spiro atoms. The number of fused-ring (bicyclic) bond motifs is 1. The van der Waals surface area contributed by atoms with E-state index in [4.69, 9.17) is 5.11 Å². The van der Waals surface area contributed by atoms with Gasteiger partial charge >= 0.3 is 0 Å². The molecule has 0 bridgehead atoms. The van der Waals surface area contributed by atoms with Crippen LogP contribution < -0.4 is 0 Å². The number of hydrogen-bond donors (Lipinski definition) is 1. The van der Waals surface area contributed by atoms with Crippen molar-refractivity contribution in [1.29, 1.82) is 0 Å². The lowest BCUT2D eigenvalue weighted by atomic mass is 9.97. The Morgan fingerprint density at radius 2 is 1.57 bits per heavy atom. The van der Waals surface area contributed by atoms with Gasteiger partial charge in [0.2, 0.25) is 11.8 Å². The van der Waals surface area contributed by atoms with E-state index in [-0.39, 0.29) is 36.8 Å². The number of amides is 2. The van der Waals surface area contributed by atoms with Crippen molar-refractivity contribution < 1.29 is 14.7 Å². The molecule has 4 nitrogen and oxygen atoms in total. The minimum absolute atomic E-state index is 0.131. The fraction of sp³-hybridized carbons (Fsp3) is 0.579. The van der Waals surface area contributed by atoms with Crippen LogP contribution in [0.3, 0.4) is 0 Å². The normalized spacial score (nSPS) is 29.3. The first-order chi connectivity index (χ1) is 10.9. The monoisotopic (exact) mass is 317 g/mol. The van der Waals surface area contributed by atoms with Crippen molar-refractivity contribution in [2.75, 3.05) is 13.2 Å². The highest BCUT2D eigenvalue weighted by atomic mass is 16.3. The van der Waals surface area contributed by atoms with Gasteiger partial charge in [-0.15, -0.1) is 0 Å². The summed E-state index contributed by atoms with van der Waals surface area (Å²) in [4.78, 5) is 23.8. The van der Waals surface area contributed by atoms with Crippen LogP contribution in [0.2, 0.25) is 0 Å². The van der Waals surface area contributed by atoms with Gasteiger partial charge in [-0.05, 0) is 29.4 Å². The molecule has 1 heterocycles. The number of benzene rings is 1. The van der Waals surface area contributed by atoms with Crippen LogP contribution in [0.1, 0.15) is 44.7 Å². The number of rotatable bonds is 2. The predicted octanol–water partition coefficient (Wildman–Crippen LogP) is 2.60. The zero-order valence-electron chi connectivity index (χ0n) is 14.5. The molecule has 3 rings (SSSR count). The third-order valence-electron chi connectivity index (χ3n) is 5.33. The average Bonchev–Trinajstić information content (AvgIpc) is 2.93. The first kappa shape index (κ1) is 17.7. The van der Waals surface area contributed by atoms with Crippen molar-refractivity contribution in [3.05, 3.63) is 35.4 Å². The number of aliphatic hydroxyl groups excluding tert-OH is 1. The molecule has 1 aromatic rings. The summed E-state index contributed by atoms with van der Waals surface area (Å²) >= 11 is 0. The molecule has 0 radical (unpaired) electrons. The van der Waals surface area contributed by atoms with Crippen LogP contribution in [0.25, 0.3) is 0 Å². The Labute approximate surface area is 138 Å². The van der Waals surface area contributed by atoms with Crippen molar-refractivity contribution in [2.45, 2.75) is 40.0 Å². The van der Waals surface area contributed by atoms with Gasteiger partial charge in [0, 0.05) is 11.8 Å². The first-order valence-electron chi connectivity index (χ1n) is 8.42. The molecule has 1 aromatic carbocycles. The van der Waals surface area contributed by atoms with Gasteiger partial charge in [-0.3, -0.25) is 14.5 Å². The van der Waals surface area contributed by atoms with Crippen LogP contribution in [0.5, 0.6) is 0 Å².